The minimum atomic E-state index is -3.52. The SMILES string of the molecule is CCNCc1ccc(Br)c(S(=O)(=O)NCC(C)(C)SC)c1. The molecule has 120 valence electrons. The van der Waals surface area contributed by atoms with Crippen LogP contribution in [0.5, 0.6) is 0 Å². The van der Waals surface area contributed by atoms with Crippen molar-refractivity contribution in [3.05, 3.63) is 28.2 Å². The summed E-state index contributed by atoms with van der Waals surface area (Å²) in [7, 11) is -3.52. The molecule has 1 rings (SSSR count). The van der Waals surface area contributed by atoms with Gasteiger partial charge in [-0.2, -0.15) is 11.8 Å². The maximum absolute atomic E-state index is 12.5. The Bertz CT molecular complexity index is 574. The standard InChI is InChI=1S/C14H23BrN2O2S2/c1-5-16-9-11-6-7-12(15)13(8-11)21(18,19)17-10-14(2,3)20-4/h6-8,16-17H,5,9-10H2,1-4H3. The average Bonchev–Trinajstić information content (AvgIpc) is 2.44. The molecule has 1 aromatic rings. The van der Waals surface area contributed by atoms with E-state index in [1.165, 1.54) is 0 Å². The summed E-state index contributed by atoms with van der Waals surface area (Å²) < 4.78 is 28.1. The van der Waals surface area contributed by atoms with E-state index in [9.17, 15) is 8.42 Å². The van der Waals surface area contributed by atoms with Crippen LogP contribution in [-0.2, 0) is 16.6 Å². The molecule has 4 nitrogen and oxygen atoms in total. The van der Waals surface area contributed by atoms with Crippen molar-refractivity contribution in [2.45, 2.75) is 37.0 Å². The molecule has 0 fully saturated rings. The van der Waals surface area contributed by atoms with Gasteiger partial charge in [0.05, 0.1) is 4.90 Å². The van der Waals surface area contributed by atoms with Gasteiger partial charge in [0.1, 0.15) is 0 Å². The third-order valence-corrected chi connectivity index (χ3v) is 6.75. The van der Waals surface area contributed by atoms with Crippen LogP contribution in [0.3, 0.4) is 0 Å². The smallest absolute Gasteiger partial charge is 0.241 e. The van der Waals surface area contributed by atoms with Gasteiger partial charge in [0.2, 0.25) is 10.0 Å². The number of hydrogen-bond acceptors (Lipinski definition) is 4. The summed E-state index contributed by atoms with van der Waals surface area (Å²) in [5.41, 5.74) is 0.949. The number of benzene rings is 1. The molecule has 0 saturated carbocycles. The van der Waals surface area contributed by atoms with Crippen LogP contribution in [0, 0.1) is 0 Å². The number of hydrogen-bond donors (Lipinski definition) is 2. The average molecular weight is 395 g/mol. The maximum atomic E-state index is 12.5. The topological polar surface area (TPSA) is 58.2 Å². The van der Waals surface area contributed by atoms with E-state index in [4.69, 9.17) is 0 Å². The first kappa shape index (κ1) is 19.0. The summed E-state index contributed by atoms with van der Waals surface area (Å²) in [5, 5.41) is 3.19. The molecule has 0 bridgehead atoms. The number of rotatable bonds is 8. The summed E-state index contributed by atoms with van der Waals surface area (Å²) >= 11 is 4.96. The molecule has 0 spiro atoms. The van der Waals surface area contributed by atoms with Gasteiger partial charge < -0.3 is 5.32 Å². The van der Waals surface area contributed by atoms with Gasteiger partial charge in [0.25, 0.3) is 0 Å². The van der Waals surface area contributed by atoms with Gasteiger partial charge in [-0.25, -0.2) is 13.1 Å². The van der Waals surface area contributed by atoms with Crippen molar-refractivity contribution in [1.82, 2.24) is 10.0 Å². The largest absolute Gasteiger partial charge is 0.313 e. The predicted molar refractivity (Wildman–Crippen MR) is 94.3 cm³/mol. The highest BCUT2D eigenvalue weighted by atomic mass is 79.9. The third kappa shape index (κ3) is 5.90. The van der Waals surface area contributed by atoms with Crippen molar-refractivity contribution in [3.63, 3.8) is 0 Å². The fourth-order valence-electron chi connectivity index (χ4n) is 1.55. The van der Waals surface area contributed by atoms with E-state index in [0.717, 1.165) is 12.1 Å². The zero-order valence-corrected chi connectivity index (χ0v) is 16.1. The van der Waals surface area contributed by atoms with Crippen molar-refractivity contribution >= 4 is 37.7 Å². The molecule has 7 heteroatoms. The van der Waals surface area contributed by atoms with Crippen molar-refractivity contribution in [2.75, 3.05) is 19.3 Å². The highest BCUT2D eigenvalue weighted by Crippen LogP contribution is 2.25. The third-order valence-electron chi connectivity index (χ3n) is 3.10. The minimum Gasteiger partial charge on any atom is -0.313 e. The van der Waals surface area contributed by atoms with E-state index in [0.29, 0.717) is 17.6 Å². The Labute approximate surface area is 140 Å². The maximum Gasteiger partial charge on any atom is 0.241 e. The molecular weight excluding hydrogens is 372 g/mol. The Balaban J connectivity index is 2.96. The first-order chi connectivity index (χ1) is 9.72. The quantitative estimate of drug-likeness (QED) is 0.711. The Morgan fingerprint density at radius 1 is 1.33 bits per heavy atom. The van der Waals surface area contributed by atoms with E-state index in [1.54, 1.807) is 23.9 Å². The van der Waals surface area contributed by atoms with Gasteiger partial charge in [-0.1, -0.05) is 13.0 Å². The Hall–Kier alpha value is -0.0800. The van der Waals surface area contributed by atoms with Gasteiger partial charge in [-0.3, -0.25) is 0 Å². The molecule has 0 atom stereocenters. The molecule has 0 aliphatic carbocycles. The normalized spacial score (nSPS) is 12.6. The Morgan fingerprint density at radius 3 is 2.57 bits per heavy atom. The van der Waals surface area contributed by atoms with Crippen LogP contribution in [0.15, 0.2) is 27.6 Å². The second-order valence-electron chi connectivity index (χ2n) is 5.33. The van der Waals surface area contributed by atoms with E-state index in [-0.39, 0.29) is 9.64 Å². The van der Waals surface area contributed by atoms with Crippen LogP contribution < -0.4 is 10.0 Å². The van der Waals surface area contributed by atoms with Crippen LogP contribution in [-0.4, -0.2) is 32.5 Å². The van der Waals surface area contributed by atoms with E-state index < -0.39 is 10.0 Å². The molecule has 0 aliphatic heterocycles. The molecule has 0 heterocycles. The number of nitrogens with one attached hydrogen (secondary N) is 2. The second-order valence-corrected chi connectivity index (χ2v) is 9.44. The summed E-state index contributed by atoms with van der Waals surface area (Å²) in [5.74, 6) is 0. The molecule has 0 amide bonds. The number of thioether (sulfide) groups is 1. The van der Waals surface area contributed by atoms with Gasteiger partial charge in [0, 0.05) is 22.3 Å². The van der Waals surface area contributed by atoms with Crippen molar-refractivity contribution in [3.8, 4) is 0 Å². The molecule has 1 aromatic carbocycles. The second kappa shape index (κ2) is 7.97. The first-order valence-electron chi connectivity index (χ1n) is 6.76. The van der Waals surface area contributed by atoms with Gasteiger partial charge in [-0.05, 0) is 60.3 Å². The highest BCUT2D eigenvalue weighted by molar-refractivity contribution is 9.10. The lowest BCUT2D eigenvalue weighted by atomic mass is 10.2. The predicted octanol–water partition coefficient (Wildman–Crippen LogP) is 2.98. The molecule has 0 radical (unpaired) electrons. The lowest BCUT2D eigenvalue weighted by Crippen LogP contribution is -2.36. The first-order valence-corrected chi connectivity index (χ1v) is 10.3. The number of halogens is 1. The molecule has 0 unspecified atom stereocenters. The summed E-state index contributed by atoms with van der Waals surface area (Å²) in [6.45, 7) is 7.93. The summed E-state index contributed by atoms with van der Waals surface area (Å²) in [6, 6.07) is 5.40. The molecule has 0 saturated heterocycles. The Kier molecular flexibility index (Phi) is 7.19. The van der Waals surface area contributed by atoms with Crippen LogP contribution >= 0.6 is 27.7 Å². The molecule has 0 aliphatic rings. The van der Waals surface area contributed by atoms with Crippen LogP contribution in [0.25, 0.3) is 0 Å². The van der Waals surface area contributed by atoms with Crippen LogP contribution in [0.4, 0.5) is 0 Å². The Morgan fingerprint density at radius 2 is 2.00 bits per heavy atom. The summed E-state index contributed by atoms with van der Waals surface area (Å²) in [6.07, 6.45) is 1.97. The molecular formula is C14H23BrN2O2S2. The van der Waals surface area contributed by atoms with E-state index in [1.807, 2.05) is 33.1 Å². The lowest BCUT2D eigenvalue weighted by Gasteiger charge is -2.22. The van der Waals surface area contributed by atoms with Gasteiger partial charge in [-0.15, -0.1) is 0 Å². The van der Waals surface area contributed by atoms with Gasteiger partial charge >= 0.3 is 0 Å². The molecule has 2 N–H and O–H groups in total. The van der Waals surface area contributed by atoms with Crippen molar-refractivity contribution < 1.29 is 8.42 Å². The monoisotopic (exact) mass is 394 g/mol. The summed E-state index contributed by atoms with van der Waals surface area (Å²) in [4.78, 5) is 0.287. The zero-order chi connectivity index (χ0) is 16.1. The molecule has 21 heavy (non-hydrogen) atoms. The molecule has 0 aromatic heterocycles. The van der Waals surface area contributed by atoms with Gasteiger partial charge in [0.15, 0.2) is 0 Å². The number of sulfonamides is 1. The minimum absolute atomic E-state index is 0.138. The fourth-order valence-corrected chi connectivity index (χ4v) is 4.08. The highest BCUT2D eigenvalue weighted by Gasteiger charge is 2.23. The fraction of sp³-hybridized carbons (Fsp3) is 0.571. The van der Waals surface area contributed by atoms with E-state index in [2.05, 4.69) is 26.0 Å². The van der Waals surface area contributed by atoms with Crippen LogP contribution in [0.1, 0.15) is 26.3 Å². The van der Waals surface area contributed by atoms with Crippen molar-refractivity contribution in [2.24, 2.45) is 0 Å². The van der Waals surface area contributed by atoms with Crippen molar-refractivity contribution in [1.29, 1.82) is 0 Å². The zero-order valence-electron chi connectivity index (χ0n) is 12.9. The lowest BCUT2D eigenvalue weighted by molar-refractivity contribution is 0.570. The van der Waals surface area contributed by atoms with E-state index >= 15 is 0 Å². The van der Waals surface area contributed by atoms with Crippen LogP contribution in [0.2, 0.25) is 0 Å².